The maximum absolute atomic E-state index is 5.58. The van der Waals surface area contributed by atoms with Crippen LogP contribution in [0.25, 0.3) is 0 Å². The molecule has 1 aliphatic carbocycles. The molecule has 0 aliphatic heterocycles. The van der Waals surface area contributed by atoms with Crippen molar-refractivity contribution in [2.24, 2.45) is 11.8 Å². The van der Waals surface area contributed by atoms with Crippen LogP contribution in [0.5, 0.6) is 0 Å². The van der Waals surface area contributed by atoms with Crippen molar-refractivity contribution in [2.75, 3.05) is 12.0 Å². The van der Waals surface area contributed by atoms with Crippen LogP contribution in [0, 0.1) is 5.92 Å². The van der Waals surface area contributed by atoms with Crippen molar-refractivity contribution >= 4 is 11.8 Å². The van der Waals surface area contributed by atoms with E-state index in [1.807, 2.05) is 11.8 Å². The Balaban J connectivity index is 1.95. The molecule has 3 N–H and O–H groups in total. The molecule has 1 fully saturated rings. The molecule has 15 heavy (non-hydrogen) atoms. The predicted octanol–water partition coefficient (Wildman–Crippen LogP) is 1.99. The summed E-state index contributed by atoms with van der Waals surface area (Å²) in [6.45, 7) is 0. The highest BCUT2D eigenvalue weighted by Crippen LogP contribution is 2.49. The zero-order valence-corrected chi connectivity index (χ0v) is 9.84. The fraction of sp³-hybridized carbons (Fsp3) is 0.500. The van der Waals surface area contributed by atoms with Gasteiger partial charge in [0.05, 0.1) is 0 Å². The average molecular weight is 222 g/mol. The van der Waals surface area contributed by atoms with Crippen molar-refractivity contribution < 1.29 is 0 Å². The number of hydrogen-bond donors (Lipinski definition) is 2. The molecule has 0 saturated heterocycles. The van der Waals surface area contributed by atoms with Gasteiger partial charge in [0.1, 0.15) is 0 Å². The Morgan fingerprint density at radius 1 is 1.47 bits per heavy atom. The van der Waals surface area contributed by atoms with Crippen LogP contribution in [-0.4, -0.2) is 18.1 Å². The van der Waals surface area contributed by atoms with E-state index in [0.29, 0.717) is 6.04 Å². The van der Waals surface area contributed by atoms with Crippen LogP contribution in [0.3, 0.4) is 0 Å². The van der Waals surface area contributed by atoms with Gasteiger partial charge in [-0.15, -0.1) is 0 Å². The van der Waals surface area contributed by atoms with Crippen molar-refractivity contribution in [1.82, 2.24) is 5.43 Å². The molecule has 0 aromatic heterocycles. The van der Waals surface area contributed by atoms with E-state index in [9.17, 15) is 0 Å². The highest BCUT2D eigenvalue weighted by Gasteiger charge is 2.42. The van der Waals surface area contributed by atoms with Gasteiger partial charge in [-0.2, -0.15) is 11.8 Å². The van der Waals surface area contributed by atoms with Gasteiger partial charge in [-0.3, -0.25) is 11.3 Å². The molecule has 0 bridgehead atoms. The molecule has 1 saturated carbocycles. The Morgan fingerprint density at radius 2 is 2.20 bits per heavy atom. The van der Waals surface area contributed by atoms with Crippen LogP contribution in [0.4, 0.5) is 0 Å². The molecular formula is C12H18N2S. The number of nitrogens with two attached hydrogens (primary N) is 1. The number of nitrogens with one attached hydrogen (secondary N) is 1. The summed E-state index contributed by atoms with van der Waals surface area (Å²) in [5.41, 5.74) is 4.41. The minimum absolute atomic E-state index is 0.463. The number of hydrazine groups is 1. The van der Waals surface area contributed by atoms with E-state index in [1.165, 1.54) is 12.0 Å². The van der Waals surface area contributed by atoms with Gasteiger partial charge in [0.25, 0.3) is 0 Å². The molecule has 2 rings (SSSR count). The molecule has 2 nitrogen and oxygen atoms in total. The largest absolute Gasteiger partial charge is 0.271 e. The number of rotatable bonds is 5. The van der Waals surface area contributed by atoms with E-state index in [4.69, 9.17) is 5.84 Å². The average Bonchev–Trinajstić information content (AvgIpc) is 3.07. The van der Waals surface area contributed by atoms with Crippen molar-refractivity contribution in [3.8, 4) is 0 Å². The first-order valence-electron chi connectivity index (χ1n) is 5.37. The minimum Gasteiger partial charge on any atom is -0.271 e. The zero-order valence-electron chi connectivity index (χ0n) is 9.02. The van der Waals surface area contributed by atoms with Crippen LogP contribution >= 0.6 is 11.8 Å². The molecule has 82 valence electrons. The van der Waals surface area contributed by atoms with Gasteiger partial charge >= 0.3 is 0 Å². The summed E-state index contributed by atoms with van der Waals surface area (Å²) in [7, 11) is 0. The SMILES string of the molecule is CSCC(NN)C1CC1c1ccccc1. The Kier molecular flexibility index (Phi) is 3.67. The van der Waals surface area contributed by atoms with E-state index >= 15 is 0 Å². The quantitative estimate of drug-likeness (QED) is 0.591. The standard InChI is InChI=1S/C12H18N2S/c1-15-8-12(14-13)11-7-10(11)9-5-3-2-4-6-9/h2-6,10-12,14H,7-8,13H2,1H3. The van der Waals surface area contributed by atoms with Gasteiger partial charge in [0.15, 0.2) is 0 Å². The van der Waals surface area contributed by atoms with Crippen molar-refractivity contribution in [2.45, 2.75) is 18.4 Å². The van der Waals surface area contributed by atoms with E-state index in [1.54, 1.807) is 0 Å². The fourth-order valence-electron chi connectivity index (χ4n) is 2.22. The first kappa shape index (κ1) is 11.0. The Bertz CT molecular complexity index is 302. The summed E-state index contributed by atoms with van der Waals surface area (Å²) in [5.74, 6) is 8.13. The zero-order chi connectivity index (χ0) is 10.7. The number of hydrogen-bond acceptors (Lipinski definition) is 3. The summed E-state index contributed by atoms with van der Waals surface area (Å²) in [6, 6.07) is 11.2. The van der Waals surface area contributed by atoms with E-state index in [2.05, 4.69) is 42.0 Å². The Morgan fingerprint density at radius 3 is 2.80 bits per heavy atom. The molecule has 1 aliphatic rings. The van der Waals surface area contributed by atoms with Gasteiger partial charge in [0, 0.05) is 11.8 Å². The van der Waals surface area contributed by atoms with Crippen LogP contribution in [0.15, 0.2) is 30.3 Å². The van der Waals surface area contributed by atoms with Gasteiger partial charge in [-0.1, -0.05) is 30.3 Å². The molecule has 1 aromatic rings. The number of benzene rings is 1. The number of thioether (sulfide) groups is 1. The molecule has 3 unspecified atom stereocenters. The molecule has 0 radical (unpaired) electrons. The second-order valence-corrected chi connectivity index (χ2v) is 5.06. The minimum atomic E-state index is 0.463. The summed E-state index contributed by atoms with van der Waals surface area (Å²) in [6.07, 6.45) is 3.41. The van der Waals surface area contributed by atoms with E-state index < -0.39 is 0 Å². The molecule has 0 amide bonds. The summed E-state index contributed by atoms with van der Waals surface area (Å²) >= 11 is 1.86. The molecule has 0 spiro atoms. The molecular weight excluding hydrogens is 204 g/mol. The van der Waals surface area contributed by atoms with Gasteiger partial charge in [0.2, 0.25) is 0 Å². The van der Waals surface area contributed by atoms with Gasteiger partial charge in [-0.05, 0) is 30.1 Å². The van der Waals surface area contributed by atoms with Gasteiger partial charge in [-0.25, -0.2) is 0 Å². The molecule has 3 atom stereocenters. The van der Waals surface area contributed by atoms with E-state index in [-0.39, 0.29) is 0 Å². The van der Waals surface area contributed by atoms with Crippen LogP contribution in [0.2, 0.25) is 0 Å². The first-order valence-corrected chi connectivity index (χ1v) is 6.76. The van der Waals surface area contributed by atoms with Crippen LogP contribution < -0.4 is 11.3 Å². The van der Waals surface area contributed by atoms with Crippen molar-refractivity contribution in [3.05, 3.63) is 35.9 Å². The van der Waals surface area contributed by atoms with Crippen LogP contribution in [-0.2, 0) is 0 Å². The lowest BCUT2D eigenvalue weighted by Crippen LogP contribution is -2.39. The third-order valence-corrected chi connectivity index (χ3v) is 3.84. The maximum atomic E-state index is 5.58. The topological polar surface area (TPSA) is 38.0 Å². The summed E-state index contributed by atoms with van der Waals surface area (Å²) < 4.78 is 0. The van der Waals surface area contributed by atoms with Crippen molar-refractivity contribution in [1.29, 1.82) is 0 Å². The lowest BCUT2D eigenvalue weighted by molar-refractivity contribution is 0.511. The Hall–Kier alpha value is -0.510. The highest BCUT2D eigenvalue weighted by atomic mass is 32.2. The summed E-state index contributed by atoms with van der Waals surface area (Å²) in [5, 5.41) is 0. The Labute approximate surface area is 95.6 Å². The lowest BCUT2D eigenvalue weighted by atomic mass is 10.1. The first-order chi connectivity index (χ1) is 7.36. The van der Waals surface area contributed by atoms with Crippen molar-refractivity contribution in [3.63, 3.8) is 0 Å². The maximum Gasteiger partial charge on any atom is 0.0335 e. The molecule has 0 heterocycles. The predicted molar refractivity (Wildman–Crippen MR) is 66.8 cm³/mol. The third-order valence-electron chi connectivity index (χ3n) is 3.14. The highest BCUT2D eigenvalue weighted by molar-refractivity contribution is 7.98. The molecule has 3 heteroatoms. The third kappa shape index (κ3) is 2.54. The lowest BCUT2D eigenvalue weighted by Gasteiger charge is -2.14. The van der Waals surface area contributed by atoms with Crippen LogP contribution in [0.1, 0.15) is 17.9 Å². The van der Waals surface area contributed by atoms with E-state index in [0.717, 1.165) is 17.6 Å². The second-order valence-electron chi connectivity index (χ2n) is 4.15. The second kappa shape index (κ2) is 5.01. The fourth-order valence-corrected chi connectivity index (χ4v) is 2.92. The normalized spacial score (nSPS) is 26.3. The molecule has 1 aromatic carbocycles. The summed E-state index contributed by atoms with van der Waals surface area (Å²) in [4.78, 5) is 0. The monoisotopic (exact) mass is 222 g/mol. The van der Waals surface area contributed by atoms with Gasteiger partial charge < -0.3 is 0 Å². The smallest absolute Gasteiger partial charge is 0.0335 e.